The Balaban J connectivity index is 1.05. The number of hydrazine groups is 1. The van der Waals surface area contributed by atoms with Crippen molar-refractivity contribution in [2.24, 2.45) is 16.8 Å². The van der Waals surface area contributed by atoms with Crippen LogP contribution >= 0.6 is 0 Å². The smallest absolute Gasteiger partial charge is 0.157 e. The van der Waals surface area contributed by atoms with E-state index in [9.17, 15) is 0 Å². The number of benzene rings is 4. The van der Waals surface area contributed by atoms with Crippen molar-refractivity contribution in [2.75, 3.05) is 0 Å². The van der Waals surface area contributed by atoms with Gasteiger partial charge in [0.25, 0.3) is 0 Å². The van der Waals surface area contributed by atoms with Gasteiger partial charge in [-0.05, 0) is 95.4 Å². The number of para-hydroxylation sites is 1. The van der Waals surface area contributed by atoms with Crippen LogP contribution in [0, 0.1) is 11.8 Å². The number of fused-ring (bicyclic) bond motifs is 10. The maximum Gasteiger partial charge on any atom is 0.157 e. The summed E-state index contributed by atoms with van der Waals surface area (Å²) in [7, 11) is 0. The van der Waals surface area contributed by atoms with Crippen LogP contribution in [0.15, 0.2) is 186 Å². The van der Waals surface area contributed by atoms with Gasteiger partial charge in [-0.15, -0.1) is 0 Å². The molecule has 0 bridgehead atoms. The maximum absolute atomic E-state index is 6.81. The first kappa shape index (κ1) is 31.4. The number of nitrogens with zero attached hydrogens (tertiary/aromatic N) is 3. The highest BCUT2D eigenvalue weighted by Crippen LogP contribution is 2.63. The molecule has 3 heterocycles. The molecule has 0 N–H and O–H groups in total. The Hall–Kier alpha value is -5.97. The van der Waals surface area contributed by atoms with Crippen LogP contribution in [0.2, 0.25) is 0 Å². The molecular formula is C51H41N3O. The topological polar surface area (TPSA) is 27.6 Å². The summed E-state index contributed by atoms with van der Waals surface area (Å²) >= 11 is 0. The lowest BCUT2D eigenvalue weighted by Gasteiger charge is -2.41. The molecule has 4 nitrogen and oxygen atoms in total. The van der Waals surface area contributed by atoms with Crippen molar-refractivity contribution in [3.63, 3.8) is 0 Å². The summed E-state index contributed by atoms with van der Waals surface area (Å²) in [4.78, 5) is 5.76. The SMILES string of the molecule is C[C@@]1(C2=C3C=CC=CC3CC=C2)N=C(c2ccccc2-c2ccc3c(c2)C2(C4=C(C=CCC4)c4ccccc42)c2ccccc2O3)N2C(C3C=CC=CC3)[N@]21. The summed E-state index contributed by atoms with van der Waals surface area (Å²) in [6.07, 6.45) is 31.9. The van der Waals surface area contributed by atoms with Crippen molar-refractivity contribution in [3.05, 3.63) is 208 Å². The van der Waals surface area contributed by atoms with E-state index in [1.54, 1.807) is 0 Å². The van der Waals surface area contributed by atoms with Gasteiger partial charge in [0.1, 0.15) is 23.5 Å². The lowest BCUT2D eigenvalue weighted by Crippen LogP contribution is -2.37. The molecule has 0 radical (unpaired) electrons. The predicted molar refractivity (Wildman–Crippen MR) is 221 cm³/mol. The number of allylic oxidation sites excluding steroid dienone is 13. The Bertz CT molecular complexity index is 2640. The average molecular weight is 712 g/mol. The van der Waals surface area contributed by atoms with E-state index in [1.807, 2.05) is 0 Å². The highest BCUT2D eigenvalue weighted by molar-refractivity contribution is 6.07. The van der Waals surface area contributed by atoms with Crippen molar-refractivity contribution in [2.45, 2.75) is 49.9 Å². The zero-order chi connectivity index (χ0) is 36.3. The van der Waals surface area contributed by atoms with Gasteiger partial charge >= 0.3 is 0 Å². The molecule has 266 valence electrons. The lowest BCUT2D eigenvalue weighted by molar-refractivity contribution is 0.251. The van der Waals surface area contributed by atoms with Gasteiger partial charge in [-0.2, -0.15) is 5.01 Å². The van der Waals surface area contributed by atoms with Gasteiger partial charge in [-0.25, -0.2) is 4.99 Å². The number of ether oxygens (including phenoxy) is 1. The first-order valence-electron chi connectivity index (χ1n) is 20.0. The van der Waals surface area contributed by atoms with Gasteiger partial charge in [-0.1, -0.05) is 146 Å². The van der Waals surface area contributed by atoms with Crippen LogP contribution in [0.5, 0.6) is 11.5 Å². The third-order valence-corrected chi connectivity index (χ3v) is 13.3. The second kappa shape index (κ2) is 11.5. The standard InChI is InChI=1S/C51H41N3O/c1-50(41-28-15-19-33-16-5-6-21-37(33)41)52-48(53-49(54(50)53)34-17-3-2-4-18-34)40-24-8-7-20-36(40)35-30-31-47-45(32-35)51(44-27-13-14-29-46(44)55-47)42-25-11-9-22-38(42)39-23-10-12-26-43(39)51/h2-11,13-17,20-25,27-34,49H,12,18-19,26H2,1H3/t33?,34?,49?,50-,51?,53?,54+/m1/s1. The second-order valence-corrected chi connectivity index (χ2v) is 16.1. The first-order valence-corrected chi connectivity index (χ1v) is 20.0. The predicted octanol–water partition coefficient (Wildman–Crippen LogP) is 11.4. The molecule has 4 aromatic carbocycles. The zero-order valence-electron chi connectivity index (χ0n) is 30.9. The number of amidine groups is 1. The van der Waals surface area contributed by atoms with Crippen LogP contribution in [0.4, 0.5) is 0 Å². The summed E-state index contributed by atoms with van der Waals surface area (Å²) in [6, 6.07) is 33.6. The molecule has 0 amide bonds. The Morgan fingerprint density at radius 3 is 2.38 bits per heavy atom. The molecule has 3 aliphatic heterocycles. The van der Waals surface area contributed by atoms with E-state index in [1.165, 1.54) is 55.7 Å². The molecule has 0 saturated carbocycles. The molecule has 6 atom stereocenters. The van der Waals surface area contributed by atoms with Gasteiger partial charge in [-0.3, -0.25) is 5.01 Å². The third-order valence-electron chi connectivity index (χ3n) is 13.3. The second-order valence-electron chi connectivity index (χ2n) is 16.1. The van der Waals surface area contributed by atoms with Crippen molar-refractivity contribution in [1.82, 2.24) is 10.0 Å². The zero-order valence-corrected chi connectivity index (χ0v) is 30.9. The van der Waals surface area contributed by atoms with Crippen LogP contribution < -0.4 is 4.74 Å². The quantitative estimate of drug-likeness (QED) is 0.197. The number of hydrogen-bond donors (Lipinski definition) is 0. The lowest BCUT2D eigenvalue weighted by atomic mass is 9.64. The normalized spacial score (nSPS) is 29.8. The minimum atomic E-state index is -0.523. The van der Waals surface area contributed by atoms with Crippen LogP contribution in [0.3, 0.4) is 0 Å². The molecule has 12 rings (SSSR count). The molecule has 4 heteroatoms. The molecule has 0 aromatic heterocycles. The van der Waals surface area contributed by atoms with E-state index in [4.69, 9.17) is 9.73 Å². The van der Waals surface area contributed by atoms with Crippen LogP contribution in [-0.2, 0) is 5.41 Å². The molecule has 4 aromatic rings. The first-order chi connectivity index (χ1) is 27.2. The molecule has 5 aliphatic carbocycles. The van der Waals surface area contributed by atoms with E-state index in [0.717, 1.165) is 48.6 Å². The van der Waals surface area contributed by atoms with Gasteiger partial charge in [0.15, 0.2) is 5.66 Å². The van der Waals surface area contributed by atoms with Crippen molar-refractivity contribution >= 4 is 11.4 Å². The van der Waals surface area contributed by atoms with E-state index < -0.39 is 11.1 Å². The third kappa shape index (κ3) is 4.23. The molecular weight excluding hydrogens is 671 g/mol. The minimum Gasteiger partial charge on any atom is -0.457 e. The summed E-state index contributed by atoms with van der Waals surface area (Å²) in [6.45, 7) is 2.33. The van der Waals surface area contributed by atoms with Crippen molar-refractivity contribution in [3.8, 4) is 22.6 Å². The van der Waals surface area contributed by atoms with Crippen molar-refractivity contribution in [1.29, 1.82) is 0 Å². The fourth-order valence-electron chi connectivity index (χ4n) is 10.9. The monoisotopic (exact) mass is 711 g/mol. The highest BCUT2D eigenvalue weighted by Gasteiger charge is 2.65. The van der Waals surface area contributed by atoms with Crippen LogP contribution in [-0.4, -0.2) is 27.7 Å². The molecule has 1 spiro atoms. The van der Waals surface area contributed by atoms with Crippen LogP contribution in [0.1, 0.15) is 60.4 Å². The molecule has 1 saturated heterocycles. The Morgan fingerprint density at radius 1 is 0.691 bits per heavy atom. The Morgan fingerprint density at radius 2 is 1.49 bits per heavy atom. The average Bonchev–Trinajstić information content (AvgIpc) is 3.84. The fourth-order valence-corrected chi connectivity index (χ4v) is 10.9. The summed E-state index contributed by atoms with van der Waals surface area (Å²) in [5, 5.41) is 5.06. The van der Waals surface area contributed by atoms with Gasteiger partial charge in [0.2, 0.25) is 0 Å². The van der Waals surface area contributed by atoms with Gasteiger partial charge < -0.3 is 4.74 Å². The largest absolute Gasteiger partial charge is 0.457 e. The Kier molecular flexibility index (Phi) is 6.57. The van der Waals surface area contributed by atoms with Gasteiger partial charge in [0.05, 0.1) is 5.41 Å². The van der Waals surface area contributed by atoms with Gasteiger partial charge in [0, 0.05) is 28.5 Å². The number of rotatable bonds is 4. The molecule has 1 fully saturated rings. The summed E-state index contributed by atoms with van der Waals surface area (Å²) in [5.74, 6) is 3.70. The van der Waals surface area contributed by atoms with E-state index in [0.29, 0.717) is 11.8 Å². The number of aliphatic imine (C=N–C) groups is 1. The van der Waals surface area contributed by atoms with E-state index in [-0.39, 0.29) is 6.17 Å². The van der Waals surface area contributed by atoms with E-state index in [2.05, 4.69) is 181 Å². The minimum absolute atomic E-state index is 0.230. The number of hydrogen-bond acceptors (Lipinski definition) is 4. The molecule has 8 aliphatic rings. The highest BCUT2D eigenvalue weighted by atomic mass is 16.5. The van der Waals surface area contributed by atoms with Crippen molar-refractivity contribution < 1.29 is 4.74 Å². The summed E-state index contributed by atoms with van der Waals surface area (Å²) < 4.78 is 6.81. The van der Waals surface area contributed by atoms with Crippen LogP contribution in [0.25, 0.3) is 16.7 Å². The maximum atomic E-state index is 6.81. The summed E-state index contributed by atoms with van der Waals surface area (Å²) in [5.41, 5.74) is 13.2. The fraction of sp³-hybridized carbons (Fsp3) is 0.196. The molecule has 4 unspecified atom stereocenters. The van der Waals surface area contributed by atoms with E-state index >= 15 is 0 Å². The Labute approximate surface area is 322 Å². The molecule has 55 heavy (non-hydrogen) atoms.